The van der Waals surface area contributed by atoms with Gasteiger partial charge in [-0.25, -0.2) is 4.98 Å². The highest BCUT2D eigenvalue weighted by atomic mass is 32.1. The second-order valence-electron chi connectivity index (χ2n) is 8.62. The van der Waals surface area contributed by atoms with Crippen LogP contribution in [0.15, 0.2) is 90.7 Å². The Morgan fingerprint density at radius 3 is 2.33 bits per heavy atom. The Morgan fingerprint density at radius 2 is 1.58 bits per heavy atom. The molecule has 0 spiro atoms. The number of benzene rings is 2. The van der Waals surface area contributed by atoms with Crippen LogP contribution in [0, 0.1) is 0 Å². The molecule has 36 heavy (non-hydrogen) atoms. The van der Waals surface area contributed by atoms with Crippen LogP contribution in [0.5, 0.6) is 0 Å². The molecule has 7 nitrogen and oxygen atoms in total. The molecule has 6 rings (SSSR count). The molecule has 0 saturated carbocycles. The molecule has 5 aromatic rings. The molecule has 4 heterocycles. The zero-order valence-corrected chi connectivity index (χ0v) is 20.4. The van der Waals surface area contributed by atoms with E-state index in [-0.39, 0.29) is 5.91 Å². The van der Waals surface area contributed by atoms with Gasteiger partial charge in [-0.2, -0.15) is 0 Å². The average Bonchev–Trinajstić information content (AvgIpc) is 3.49. The molecule has 8 heteroatoms. The minimum atomic E-state index is -0.0899. The summed E-state index contributed by atoms with van der Waals surface area (Å²) >= 11 is 1.43. The number of fused-ring (bicyclic) bond motifs is 1. The van der Waals surface area contributed by atoms with Gasteiger partial charge in [0.15, 0.2) is 0 Å². The third-order valence-electron chi connectivity index (χ3n) is 6.38. The fourth-order valence-corrected chi connectivity index (χ4v) is 5.05. The van der Waals surface area contributed by atoms with E-state index in [2.05, 4.69) is 49.4 Å². The fourth-order valence-electron chi connectivity index (χ4n) is 4.43. The Kier molecular flexibility index (Phi) is 6.01. The first-order valence-electron chi connectivity index (χ1n) is 11.8. The standard InChI is InChI=1S/C28H24N6OS/c35-28(26-2-1-17-36-26)31-22-6-3-20(4-7-22)21-5-8-24-25(18-21)32-27(19-30-24)34-15-13-33(14-16-34)23-9-11-29-12-10-23/h1-12,17-19H,13-16H2,(H,31,35). The van der Waals surface area contributed by atoms with Crippen molar-refractivity contribution in [1.82, 2.24) is 15.0 Å². The van der Waals surface area contributed by atoms with Crippen LogP contribution < -0.4 is 15.1 Å². The molecule has 1 aliphatic heterocycles. The van der Waals surface area contributed by atoms with Gasteiger partial charge in [-0.15, -0.1) is 11.3 Å². The van der Waals surface area contributed by atoms with Crippen molar-refractivity contribution in [1.29, 1.82) is 0 Å². The van der Waals surface area contributed by atoms with Gasteiger partial charge in [-0.05, 0) is 59.0 Å². The maximum Gasteiger partial charge on any atom is 0.265 e. The van der Waals surface area contributed by atoms with Gasteiger partial charge >= 0.3 is 0 Å². The van der Waals surface area contributed by atoms with E-state index in [1.165, 1.54) is 17.0 Å². The molecule has 0 radical (unpaired) electrons. The number of aromatic nitrogens is 3. The van der Waals surface area contributed by atoms with Crippen molar-refractivity contribution in [3.8, 4) is 11.1 Å². The van der Waals surface area contributed by atoms with Gasteiger partial charge in [0.25, 0.3) is 5.91 Å². The van der Waals surface area contributed by atoms with Crippen LogP contribution in [0.1, 0.15) is 9.67 Å². The predicted octanol–water partition coefficient (Wildman–Crippen LogP) is 5.33. The molecule has 1 amide bonds. The zero-order valence-electron chi connectivity index (χ0n) is 19.5. The first-order valence-corrected chi connectivity index (χ1v) is 12.7. The van der Waals surface area contributed by atoms with Crippen molar-refractivity contribution < 1.29 is 4.79 Å². The summed E-state index contributed by atoms with van der Waals surface area (Å²) in [6.45, 7) is 3.64. The van der Waals surface area contributed by atoms with Crippen LogP contribution in [0.3, 0.4) is 0 Å². The molecule has 1 N–H and O–H groups in total. The fraction of sp³-hybridized carbons (Fsp3) is 0.143. The number of thiophene rings is 1. The molecule has 3 aromatic heterocycles. The van der Waals surface area contributed by atoms with Gasteiger partial charge < -0.3 is 15.1 Å². The topological polar surface area (TPSA) is 74.2 Å². The lowest BCUT2D eigenvalue weighted by molar-refractivity contribution is 0.103. The molecule has 2 aromatic carbocycles. The van der Waals surface area contributed by atoms with E-state index in [0.717, 1.165) is 59.8 Å². The van der Waals surface area contributed by atoms with E-state index in [1.54, 1.807) is 0 Å². The molecule has 1 fully saturated rings. The first-order chi connectivity index (χ1) is 17.7. The molecular formula is C28H24N6OS. The van der Waals surface area contributed by atoms with Crippen LogP contribution in [-0.4, -0.2) is 47.0 Å². The maximum absolute atomic E-state index is 12.3. The number of rotatable bonds is 5. The van der Waals surface area contributed by atoms with Crippen molar-refractivity contribution in [3.05, 3.63) is 95.6 Å². The molecular weight excluding hydrogens is 468 g/mol. The normalized spacial score (nSPS) is 13.7. The summed E-state index contributed by atoms with van der Waals surface area (Å²) in [5.41, 5.74) is 5.84. The number of pyridine rings is 1. The second kappa shape index (κ2) is 9.75. The summed E-state index contributed by atoms with van der Waals surface area (Å²) in [5.74, 6) is 0.813. The smallest absolute Gasteiger partial charge is 0.265 e. The maximum atomic E-state index is 12.3. The van der Waals surface area contributed by atoms with Crippen molar-refractivity contribution in [3.63, 3.8) is 0 Å². The number of hydrogen-bond donors (Lipinski definition) is 1. The van der Waals surface area contributed by atoms with E-state index in [1.807, 2.05) is 66.4 Å². The Morgan fingerprint density at radius 1 is 0.833 bits per heavy atom. The van der Waals surface area contributed by atoms with Crippen LogP contribution in [0.25, 0.3) is 22.2 Å². The van der Waals surface area contributed by atoms with Gasteiger partial charge in [0.1, 0.15) is 5.82 Å². The van der Waals surface area contributed by atoms with Gasteiger partial charge in [0.05, 0.1) is 22.1 Å². The summed E-state index contributed by atoms with van der Waals surface area (Å²) in [4.78, 5) is 31.4. The van der Waals surface area contributed by atoms with Crippen molar-refractivity contribution in [2.75, 3.05) is 41.3 Å². The molecule has 178 valence electrons. The van der Waals surface area contributed by atoms with Crippen molar-refractivity contribution in [2.45, 2.75) is 0 Å². The lowest BCUT2D eigenvalue weighted by Gasteiger charge is -2.36. The SMILES string of the molecule is O=C(Nc1ccc(-c2ccc3ncc(N4CCN(c5ccncc5)CC4)nc3c2)cc1)c1cccs1. The summed E-state index contributed by atoms with van der Waals surface area (Å²) in [6.07, 6.45) is 5.54. The van der Waals surface area contributed by atoms with Crippen LogP contribution in [0.4, 0.5) is 17.2 Å². The Hall–Kier alpha value is -4.30. The van der Waals surface area contributed by atoms with E-state index in [4.69, 9.17) is 4.98 Å². The monoisotopic (exact) mass is 492 g/mol. The highest BCUT2D eigenvalue weighted by Crippen LogP contribution is 2.26. The molecule has 1 aliphatic rings. The first kappa shape index (κ1) is 22.2. The molecule has 0 aliphatic carbocycles. The predicted molar refractivity (Wildman–Crippen MR) is 146 cm³/mol. The van der Waals surface area contributed by atoms with Crippen LogP contribution >= 0.6 is 11.3 Å². The Bertz CT molecular complexity index is 1480. The van der Waals surface area contributed by atoms with Gasteiger partial charge in [-0.3, -0.25) is 14.8 Å². The lowest BCUT2D eigenvalue weighted by atomic mass is 10.0. The summed E-state index contributed by atoms with van der Waals surface area (Å²) < 4.78 is 0. The molecule has 0 atom stereocenters. The highest BCUT2D eigenvalue weighted by molar-refractivity contribution is 7.12. The van der Waals surface area contributed by atoms with E-state index >= 15 is 0 Å². The van der Waals surface area contributed by atoms with E-state index in [9.17, 15) is 4.79 Å². The third-order valence-corrected chi connectivity index (χ3v) is 7.25. The summed E-state index contributed by atoms with van der Waals surface area (Å²) in [6, 6.07) is 21.8. The van der Waals surface area contributed by atoms with Crippen LogP contribution in [-0.2, 0) is 0 Å². The van der Waals surface area contributed by atoms with Crippen molar-refractivity contribution in [2.24, 2.45) is 0 Å². The quantitative estimate of drug-likeness (QED) is 0.357. The number of carbonyl (C=O) groups excluding carboxylic acids is 1. The average molecular weight is 493 g/mol. The van der Waals surface area contributed by atoms with Gasteiger partial charge in [0.2, 0.25) is 0 Å². The number of hydrogen-bond acceptors (Lipinski definition) is 7. The minimum Gasteiger partial charge on any atom is -0.368 e. The van der Waals surface area contributed by atoms with Gasteiger partial charge in [-0.1, -0.05) is 24.3 Å². The van der Waals surface area contributed by atoms with Crippen molar-refractivity contribution >= 4 is 45.5 Å². The summed E-state index contributed by atoms with van der Waals surface area (Å²) in [5, 5.41) is 4.84. The lowest BCUT2D eigenvalue weighted by Crippen LogP contribution is -2.46. The number of carbonyl (C=O) groups is 1. The zero-order chi connectivity index (χ0) is 24.3. The van der Waals surface area contributed by atoms with Crippen LogP contribution in [0.2, 0.25) is 0 Å². The minimum absolute atomic E-state index is 0.0899. The highest BCUT2D eigenvalue weighted by Gasteiger charge is 2.19. The number of amides is 1. The number of piperazine rings is 1. The molecule has 1 saturated heterocycles. The third kappa shape index (κ3) is 4.63. The largest absolute Gasteiger partial charge is 0.368 e. The number of anilines is 3. The molecule has 0 unspecified atom stereocenters. The van der Waals surface area contributed by atoms with E-state index in [0.29, 0.717) is 4.88 Å². The summed E-state index contributed by atoms with van der Waals surface area (Å²) in [7, 11) is 0. The van der Waals surface area contributed by atoms with Gasteiger partial charge in [0, 0.05) is 49.9 Å². The number of nitrogens with zero attached hydrogens (tertiary/aromatic N) is 5. The second-order valence-corrected chi connectivity index (χ2v) is 9.57. The molecule has 0 bridgehead atoms. The Balaban J connectivity index is 1.17. The number of nitrogens with one attached hydrogen (secondary N) is 1. The Labute approximate surface area is 213 Å². The van der Waals surface area contributed by atoms with E-state index < -0.39 is 0 Å².